The van der Waals surface area contributed by atoms with Crippen molar-refractivity contribution in [1.82, 2.24) is 19.4 Å². The van der Waals surface area contributed by atoms with Crippen molar-refractivity contribution in [3.63, 3.8) is 0 Å². The van der Waals surface area contributed by atoms with Crippen LogP contribution in [0.1, 0.15) is 22.5 Å². The number of carbonyl (C=O) groups is 2. The normalized spacial score (nSPS) is 11.9. The van der Waals surface area contributed by atoms with Gasteiger partial charge in [0.25, 0.3) is 0 Å². The first-order chi connectivity index (χ1) is 12.6. The number of aryl methyl sites for hydroxylation is 1. The van der Waals surface area contributed by atoms with Gasteiger partial charge >= 0.3 is 0 Å². The Labute approximate surface area is 152 Å². The topological polar surface area (TPSA) is 68.9 Å². The zero-order valence-electron chi connectivity index (χ0n) is 14.7. The molecule has 0 aliphatic rings. The van der Waals surface area contributed by atoms with E-state index in [4.69, 9.17) is 0 Å². The number of hydrogen-bond donors (Lipinski definition) is 1. The highest BCUT2D eigenvalue weighted by Gasteiger charge is 2.24. The van der Waals surface area contributed by atoms with Crippen LogP contribution in [-0.4, -0.2) is 25.8 Å². The molecule has 2 aromatic heterocycles. The van der Waals surface area contributed by atoms with E-state index in [0.717, 1.165) is 5.56 Å². The lowest BCUT2D eigenvalue weighted by Crippen LogP contribution is -2.34. The number of nitrogens with zero attached hydrogens (tertiary/aromatic N) is 3. The summed E-state index contributed by atoms with van der Waals surface area (Å²) in [5.41, 5.74) is 1.63. The SMILES string of the molecule is Cn1cccc1C(=O)C[C@@H](Cn1ccnc1)C(=O)NCc1ccccc1. The van der Waals surface area contributed by atoms with E-state index in [1.54, 1.807) is 29.4 Å². The number of Topliss-reactive ketones (excluding diaryl/α,β-unsaturated/α-hetero) is 1. The van der Waals surface area contributed by atoms with Gasteiger partial charge in [-0.25, -0.2) is 4.98 Å². The maximum atomic E-state index is 12.7. The van der Waals surface area contributed by atoms with Gasteiger partial charge in [-0.2, -0.15) is 0 Å². The van der Waals surface area contributed by atoms with Gasteiger partial charge in [0.1, 0.15) is 0 Å². The Kier molecular flexibility index (Phi) is 5.63. The molecule has 1 amide bonds. The minimum Gasteiger partial charge on any atom is -0.352 e. The number of aromatic nitrogens is 3. The molecule has 0 fully saturated rings. The molecule has 1 aromatic carbocycles. The highest BCUT2D eigenvalue weighted by atomic mass is 16.2. The van der Waals surface area contributed by atoms with E-state index in [1.165, 1.54) is 0 Å². The van der Waals surface area contributed by atoms with Crippen molar-refractivity contribution in [2.24, 2.45) is 13.0 Å². The molecule has 0 aliphatic heterocycles. The van der Waals surface area contributed by atoms with E-state index in [-0.39, 0.29) is 18.1 Å². The van der Waals surface area contributed by atoms with Crippen LogP contribution in [-0.2, 0) is 24.9 Å². The molecule has 1 N–H and O–H groups in total. The maximum Gasteiger partial charge on any atom is 0.225 e. The van der Waals surface area contributed by atoms with E-state index in [0.29, 0.717) is 18.8 Å². The van der Waals surface area contributed by atoms with Crippen molar-refractivity contribution in [3.05, 3.63) is 78.6 Å². The highest BCUT2D eigenvalue weighted by molar-refractivity contribution is 5.97. The molecule has 0 aliphatic carbocycles. The van der Waals surface area contributed by atoms with Crippen molar-refractivity contribution in [3.8, 4) is 0 Å². The second kappa shape index (κ2) is 8.29. The fourth-order valence-corrected chi connectivity index (χ4v) is 2.90. The number of imidazole rings is 1. The monoisotopic (exact) mass is 350 g/mol. The van der Waals surface area contributed by atoms with Crippen LogP contribution in [0.5, 0.6) is 0 Å². The van der Waals surface area contributed by atoms with Gasteiger partial charge in [0, 0.05) is 45.1 Å². The first-order valence-corrected chi connectivity index (χ1v) is 8.55. The average Bonchev–Trinajstić information content (AvgIpc) is 3.31. The molecule has 6 nitrogen and oxygen atoms in total. The number of ketones is 1. The van der Waals surface area contributed by atoms with E-state index in [2.05, 4.69) is 10.3 Å². The molecule has 1 atom stereocenters. The highest BCUT2D eigenvalue weighted by Crippen LogP contribution is 2.14. The summed E-state index contributed by atoms with van der Waals surface area (Å²) in [7, 11) is 1.83. The average molecular weight is 350 g/mol. The minimum absolute atomic E-state index is 0.0440. The van der Waals surface area contributed by atoms with Gasteiger partial charge < -0.3 is 14.5 Å². The van der Waals surface area contributed by atoms with Crippen molar-refractivity contribution >= 4 is 11.7 Å². The lowest BCUT2D eigenvalue weighted by atomic mass is 9.99. The smallest absolute Gasteiger partial charge is 0.225 e. The van der Waals surface area contributed by atoms with Gasteiger partial charge in [0.15, 0.2) is 5.78 Å². The number of carbonyl (C=O) groups excluding carboxylic acids is 2. The molecule has 0 radical (unpaired) electrons. The van der Waals surface area contributed by atoms with Crippen molar-refractivity contribution in [1.29, 1.82) is 0 Å². The standard InChI is InChI=1S/C20H22N4O2/c1-23-10-5-8-18(23)19(25)12-17(14-24-11-9-21-15-24)20(26)22-13-16-6-3-2-4-7-16/h2-11,15,17H,12-14H2,1H3,(H,22,26)/t17-/m0/s1. The lowest BCUT2D eigenvalue weighted by molar-refractivity contribution is -0.125. The summed E-state index contributed by atoms with van der Waals surface area (Å²) in [6, 6.07) is 13.3. The Balaban J connectivity index is 1.69. The van der Waals surface area contributed by atoms with Gasteiger partial charge in [0.2, 0.25) is 5.91 Å². The molecule has 134 valence electrons. The molecular formula is C20H22N4O2. The van der Waals surface area contributed by atoms with Crippen molar-refractivity contribution in [2.45, 2.75) is 19.5 Å². The van der Waals surface area contributed by atoms with Crippen molar-refractivity contribution in [2.75, 3.05) is 0 Å². The second-order valence-corrected chi connectivity index (χ2v) is 6.29. The summed E-state index contributed by atoms with van der Waals surface area (Å²) in [6.45, 7) is 0.856. The van der Waals surface area contributed by atoms with E-state index in [9.17, 15) is 9.59 Å². The second-order valence-electron chi connectivity index (χ2n) is 6.29. The molecule has 0 saturated heterocycles. The summed E-state index contributed by atoms with van der Waals surface area (Å²) < 4.78 is 3.60. The first kappa shape index (κ1) is 17.7. The van der Waals surface area contributed by atoms with E-state index < -0.39 is 5.92 Å². The molecule has 0 unspecified atom stereocenters. The quantitative estimate of drug-likeness (QED) is 0.635. The third-order valence-corrected chi connectivity index (χ3v) is 4.33. The largest absolute Gasteiger partial charge is 0.352 e. The van der Waals surface area contributed by atoms with Gasteiger partial charge in [0.05, 0.1) is 17.9 Å². The molecule has 2 heterocycles. The Morgan fingerprint density at radius 3 is 2.58 bits per heavy atom. The van der Waals surface area contributed by atoms with Crippen molar-refractivity contribution < 1.29 is 9.59 Å². The van der Waals surface area contributed by atoms with Crippen LogP contribution >= 0.6 is 0 Å². The Morgan fingerprint density at radius 1 is 1.12 bits per heavy atom. The molecule has 3 aromatic rings. The molecule has 26 heavy (non-hydrogen) atoms. The van der Waals surface area contributed by atoms with Gasteiger partial charge in [-0.3, -0.25) is 9.59 Å². The number of rotatable bonds is 8. The van der Waals surface area contributed by atoms with Gasteiger partial charge in [-0.05, 0) is 17.7 Å². The Morgan fingerprint density at radius 2 is 1.92 bits per heavy atom. The predicted octanol–water partition coefficient (Wildman–Crippen LogP) is 2.43. The van der Waals surface area contributed by atoms with Crippen LogP contribution in [0.25, 0.3) is 0 Å². The van der Waals surface area contributed by atoms with Crippen LogP contribution in [0.3, 0.4) is 0 Å². The van der Waals surface area contributed by atoms with Crippen LogP contribution in [0.4, 0.5) is 0 Å². The van der Waals surface area contributed by atoms with Crippen LogP contribution in [0.15, 0.2) is 67.4 Å². The number of nitrogens with one attached hydrogen (secondary N) is 1. The van der Waals surface area contributed by atoms with E-state index >= 15 is 0 Å². The summed E-state index contributed by atoms with van der Waals surface area (Å²) in [4.78, 5) is 29.4. The summed E-state index contributed by atoms with van der Waals surface area (Å²) in [6.07, 6.45) is 7.09. The zero-order chi connectivity index (χ0) is 18.4. The van der Waals surface area contributed by atoms with Gasteiger partial charge in [-0.1, -0.05) is 30.3 Å². The van der Waals surface area contributed by atoms with Gasteiger partial charge in [-0.15, -0.1) is 0 Å². The summed E-state index contributed by atoms with van der Waals surface area (Å²) >= 11 is 0. The Hall–Kier alpha value is -3.15. The third-order valence-electron chi connectivity index (χ3n) is 4.33. The lowest BCUT2D eigenvalue weighted by Gasteiger charge is -2.17. The third kappa shape index (κ3) is 4.47. The number of amides is 1. The fourth-order valence-electron chi connectivity index (χ4n) is 2.90. The molecule has 0 saturated carbocycles. The maximum absolute atomic E-state index is 12.7. The van der Waals surface area contributed by atoms with Crippen LogP contribution in [0.2, 0.25) is 0 Å². The zero-order valence-corrected chi connectivity index (χ0v) is 14.7. The fraction of sp³-hybridized carbons (Fsp3) is 0.250. The predicted molar refractivity (Wildman–Crippen MR) is 98.4 cm³/mol. The first-order valence-electron chi connectivity index (χ1n) is 8.55. The van der Waals surface area contributed by atoms with Crippen LogP contribution < -0.4 is 5.32 Å². The Bertz CT molecular complexity index is 853. The number of hydrogen-bond acceptors (Lipinski definition) is 3. The molecular weight excluding hydrogens is 328 g/mol. The molecule has 0 bridgehead atoms. The van der Waals surface area contributed by atoms with Crippen LogP contribution in [0, 0.1) is 5.92 Å². The summed E-state index contributed by atoms with van der Waals surface area (Å²) in [5.74, 6) is -0.641. The summed E-state index contributed by atoms with van der Waals surface area (Å²) in [5, 5.41) is 2.95. The molecule has 0 spiro atoms. The number of benzene rings is 1. The minimum atomic E-state index is -0.463. The molecule has 3 rings (SSSR count). The molecule has 6 heteroatoms. The van der Waals surface area contributed by atoms with E-state index in [1.807, 2.05) is 54.2 Å².